The predicted molar refractivity (Wildman–Crippen MR) is 126 cm³/mol. The van der Waals surface area contributed by atoms with Gasteiger partial charge in [-0.3, -0.25) is 28.9 Å². The first-order valence-corrected chi connectivity index (χ1v) is 12.3. The summed E-state index contributed by atoms with van der Waals surface area (Å²) in [6, 6.07) is -0.933. The van der Waals surface area contributed by atoms with Crippen molar-refractivity contribution in [1.82, 2.24) is 4.90 Å². The van der Waals surface area contributed by atoms with Gasteiger partial charge < -0.3 is 33.5 Å². The maximum absolute atomic E-state index is 12.3. The van der Waals surface area contributed by atoms with Crippen molar-refractivity contribution in [2.75, 3.05) is 13.2 Å². The van der Waals surface area contributed by atoms with Crippen LogP contribution in [0.3, 0.4) is 0 Å². The van der Waals surface area contributed by atoms with E-state index in [0.29, 0.717) is 5.57 Å². The monoisotopic (exact) mass is 541 g/mol. The number of fused-ring (bicyclic) bond motifs is 1. The summed E-state index contributed by atoms with van der Waals surface area (Å²) in [5.41, 5.74) is -0.104. The van der Waals surface area contributed by atoms with Gasteiger partial charge in [0.05, 0.1) is 23.6 Å². The van der Waals surface area contributed by atoms with E-state index in [9.17, 15) is 29.1 Å². The highest BCUT2D eigenvalue weighted by atomic mass is 16.7. The molecule has 212 valence electrons. The Hall–Kier alpha value is -3.03. The van der Waals surface area contributed by atoms with Crippen LogP contribution in [0.25, 0.3) is 0 Å². The Bertz CT molecular complexity index is 1000. The van der Waals surface area contributed by atoms with Crippen LogP contribution in [0, 0.1) is 5.41 Å². The minimum absolute atomic E-state index is 0.0733. The predicted octanol–water partition coefficient (Wildman–Crippen LogP) is 0.0125. The maximum atomic E-state index is 12.3. The van der Waals surface area contributed by atoms with E-state index in [0.717, 1.165) is 20.8 Å². The number of aliphatic hydroxyl groups excluding tert-OH is 1. The van der Waals surface area contributed by atoms with Gasteiger partial charge in [0.15, 0.2) is 24.5 Å². The lowest BCUT2D eigenvalue weighted by Crippen LogP contribution is -2.64. The van der Waals surface area contributed by atoms with Crippen LogP contribution in [-0.2, 0) is 52.4 Å². The fraction of sp³-hybridized carbons (Fsp3) is 0.720. The molecule has 3 aliphatic rings. The molecule has 2 saturated heterocycles. The van der Waals surface area contributed by atoms with Crippen LogP contribution < -0.4 is 0 Å². The molecule has 1 aliphatic carbocycles. The summed E-state index contributed by atoms with van der Waals surface area (Å²) in [5.74, 6) is -3.23. The molecule has 0 spiro atoms. The van der Waals surface area contributed by atoms with Crippen molar-refractivity contribution in [3.8, 4) is 0 Å². The van der Waals surface area contributed by atoms with Crippen molar-refractivity contribution in [2.45, 2.75) is 97.3 Å². The van der Waals surface area contributed by atoms with Gasteiger partial charge in [0, 0.05) is 27.7 Å². The second-order valence-electron chi connectivity index (χ2n) is 10.5. The zero-order valence-corrected chi connectivity index (χ0v) is 22.5. The normalized spacial score (nSPS) is 33.8. The van der Waals surface area contributed by atoms with Crippen LogP contribution in [0.4, 0.5) is 0 Å². The van der Waals surface area contributed by atoms with Gasteiger partial charge in [0.25, 0.3) is 0 Å². The van der Waals surface area contributed by atoms with Crippen LogP contribution in [0.2, 0.25) is 0 Å². The minimum Gasteiger partial charge on any atom is -0.463 e. The lowest BCUT2D eigenvalue weighted by molar-refractivity contribution is -0.270. The number of nitrogens with zero attached hydrogens (tertiary/aromatic N) is 1. The fourth-order valence-electron chi connectivity index (χ4n) is 4.73. The molecule has 1 unspecified atom stereocenters. The molecule has 0 aromatic carbocycles. The third-order valence-electron chi connectivity index (χ3n) is 6.26. The van der Waals surface area contributed by atoms with Crippen molar-refractivity contribution in [1.29, 1.82) is 0 Å². The summed E-state index contributed by atoms with van der Waals surface area (Å²) >= 11 is 0. The van der Waals surface area contributed by atoms with Crippen molar-refractivity contribution in [3.05, 3.63) is 11.6 Å². The molecule has 2 fully saturated rings. The molecule has 0 aromatic heterocycles. The van der Waals surface area contributed by atoms with Crippen molar-refractivity contribution in [2.24, 2.45) is 5.41 Å². The van der Waals surface area contributed by atoms with E-state index in [1.54, 1.807) is 31.7 Å². The average molecular weight is 542 g/mol. The summed E-state index contributed by atoms with van der Waals surface area (Å²) in [5, 5.41) is 10.7. The van der Waals surface area contributed by atoms with E-state index in [1.807, 2.05) is 0 Å². The topological polar surface area (TPSA) is 164 Å². The smallest absolute Gasteiger partial charge is 0.311 e. The number of rotatable bonds is 8. The van der Waals surface area contributed by atoms with Gasteiger partial charge in [0.1, 0.15) is 19.3 Å². The number of hydrogen-bond donors (Lipinski definition) is 1. The molecule has 0 saturated carbocycles. The van der Waals surface area contributed by atoms with Crippen molar-refractivity contribution >= 4 is 29.8 Å². The number of hydrogen-bond acceptors (Lipinski definition) is 13. The molecule has 13 heteroatoms. The van der Waals surface area contributed by atoms with E-state index < -0.39 is 84.1 Å². The second kappa shape index (κ2) is 11.4. The molecule has 0 amide bonds. The Morgan fingerprint density at radius 3 is 1.95 bits per heavy atom. The van der Waals surface area contributed by atoms with E-state index in [-0.39, 0.29) is 13.2 Å². The Labute approximate surface area is 220 Å². The third kappa shape index (κ3) is 6.69. The molecule has 3 rings (SSSR count). The number of carbonyl (C=O) groups excluding carboxylic acids is 5. The van der Waals surface area contributed by atoms with Gasteiger partial charge in [0.2, 0.25) is 0 Å². The number of esters is 5. The summed E-state index contributed by atoms with van der Waals surface area (Å²) in [6.07, 6.45) is -5.42. The fourth-order valence-corrected chi connectivity index (χ4v) is 4.73. The second-order valence-corrected chi connectivity index (χ2v) is 10.5. The van der Waals surface area contributed by atoms with E-state index >= 15 is 0 Å². The molecular formula is C25H35NO12. The molecule has 38 heavy (non-hydrogen) atoms. The van der Waals surface area contributed by atoms with E-state index in [4.69, 9.17) is 28.4 Å². The first kappa shape index (κ1) is 29.5. The van der Waals surface area contributed by atoms with Crippen LogP contribution in [0.1, 0.15) is 48.5 Å². The molecule has 2 heterocycles. The molecule has 1 N–H and O–H groups in total. The first-order valence-electron chi connectivity index (χ1n) is 12.3. The van der Waals surface area contributed by atoms with Gasteiger partial charge in [-0.15, -0.1) is 0 Å². The SMILES string of the molecule is CC(=O)OC[C@H]1O[C@H](N2[C@@H]3[C@@H](O)C=C(COC(=O)C(C)(C)C)[C@@H]32)[C@H](OC(C)=O)[C@@H](OC(C)=O)[C@@H]1OC(C)=O. The molecule has 0 radical (unpaired) electrons. The minimum atomic E-state index is -1.32. The third-order valence-corrected chi connectivity index (χ3v) is 6.26. The van der Waals surface area contributed by atoms with Gasteiger partial charge in [-0.25, -0.2) is 0 Å². The van der Waals surface area contributed by atoms with Crippen molar-refractivity contribution < 1.29 is 57.5 Å². The Morgan fingerprint density at radius 2 is 1.42 bits per heavy atom. The number of carbonyl (C=O) groups is 5. The van der Waals surface area contributed by atoms with Gasteiger partial charge in [-0.1, -0.05) is 6.08 Å². The van der Waals surface area contributed by atoms with Gasteiger partial charge in [-0.2, -0.15) is 0 Å². The molecular weight excluding hydrogens is 506 g/mol. The standard InChI is InChI=1S/C25H35NO12/c1-11(27)33-10-17-20(35-12(2)28)21(36-13(3)29)22(37-14(4)30)23(38-17)26-18-15(8-16(31)19(18)26)9-34-24(32)25(5,6)7/h8,16-23,31H,9-10H2,1-7H3/t16-,17+,18-,19+,20+,21-,22+,23-,26?/m0/s1. The summed E-state index contributed by atoms with van der Waals surface area (Å²) in [4.78, 5) is 61.5. The Kier molecular flexibility index (Phi) is 8.84. The highest BCUT2D eigenvalue weighted by Crippen LogP contribution is 2.48. The molecule has 9 atom stereocenters. The van der Waals surface area contributed by atoms with Crippen LogP contribution >= 0.6 is 0 Å². The molecule has 0 bridgehead atoms. The molecule has 13 nitrogen and oxygen atoms in total. The van der Waals surface area contributed by atoms with Crippen LogP contribution in [0.5, 0.6) is 0 Å². The average Bonchev–Trinajstić information content (AvgIpc) is 3.42. The lowest BCUT2D eigenvalue weighted by atomic mass is 9.96. The van der Waals surface area contributed by atoms with Crippen LogP contribution in [-0.4, -0.2) is 102 Å². The summed E-state index contributed by atoms with van der Waals surface area (Å²) in [7, 11) is 0. The van der Waals surface area contributed by atoms with Gasteiger partial charge >= 0.3 is 29.8 Å². The maximum Gasteiger partial charge on any atom is 0.311 e. The highest BCUT2D eigenvalue weighted by molar-refractivity contribution is 5.75. The quantitative estimate of drug-likeness (QED) is 0.189. The summed E-state index contributed by atoms with van der Waals surface area (Å²) in [6.45, 7) is 9.35. The highest BCUT2D eigenvalue weighted by Gasteiger charge is 2.66. The van der Waals surface area contributed by atoms with E-state index in [1.165, 1.54) is 6.92 Å². The Morgan fingerprint density at radius 1 is 0.868 bits per heavy atom. The number of ether oxygens (including phenoxy) is 6. The molecule has 0 aromatic rings. The van der Waals surface area contributed by atoms with Crippen molar-refractivity contribution in [3.63, 3.8) is 0 Å². The van der Waals surface area contributed by atoms with Gasteiger partial charge in [-0.05, 0) is 26.3 Å². The zero-order chi connectivity index (χ0) is 28.5. The van der Waals surface area contributed by atoms with E-state index in [2.05, 4.69) is 0 Å². The first-order chi connectivity index (χ1) is 17.6. The zero-order valence-electron chi connectivity index (χ0n) is 22.5. The van der Waals surface area contributed by atoms with Crippen LogP contribution in [0.15, 0.2) is 11.6 Å². The largest absolute Gasteiger partial charge is 0.463 e. The molecule has 2 aliphatic heterocycles. The summed E-state index contributed by atoms with van der Waals surface area (Å²) < 4.78 is 33.1. The Balaban J connectivity index is 1.92. The number of aliphatic hydroxyl groups is 1. The lowest BCUT2D eigenvalue weighted by Gasteiger charge is -2.45.